The van der Waals surface area contributed by atoms with Gasteiger partial charge in [0.2, 0.25) is 0 Å². The van der Waals surface area contributed by atoms with Crippen molar-refractivity contribution in [3.8, 4) is 0 Å². The Kier molecular flexibility index (Phi) is 2.59. The molecule has 0 unspecified atom stereocenters. The van der Waals surface area contributed by atoms with Crippen molar-refractivity contribution in [3.05, 3.63) is 29.6 Å². The van der Waals surface area contributed by atoms with Crippen LogP contribution in [0, 0.1) is 0 Å². The Balaban J connectivity index is 2.19. The van der Waals surface area contributed by atoms with Gasteiger partial charge in [-0.1, -0.05) is 6.58 Å². The molecule has 1 aliphatic rings. The smallest absolute Gasteiger partial charge is 0.135 e. The van der Waals surface area contributed by atoms with E-state index < -0.39 is 0 Å². The second-order valence-corrected chi connectivity index (χ2v) is 3.35. The van der Waals surface area contributed by atoms with Gasteiger partial charge in [0.25, 0.3) is 0 Å². The zero-order valence-electron chi connectivity index (χ0n) is 8.43. The molecule has 0 spiro atoms. The molecule has 2 heterocycles. The van der Waals surface area contributed by atoms with E-state index in [0.717, 1.165) is 18.7 Å². The predicted octanol–water partition coefficient (Wildman–Crippen LogP) is 2.09. The van der Waals surface area contributed by atoms with Crippen LogP contribution in [0.4, 0.5) is 0 Å². The highest BCUT2D eigenvalue weighted by Gasteiger charge is 2.14. The number of nitrogens with one attached hydrogen (secondary N) is 1. The third-order valence-electron chi connectivity index (χ3n) is 2.36. The van der Waals surface area contributed by atoms with Crippen molar-refractivity contribution in [2.75, 3.05) is 13.2 Å². The molecule has 0 bridgehead atoms. The molecule has 1 aromatic heterocycles. The molecule has 1 N–H and O–H groups in total. The van der Waals surface area contributed by atoms with Crippen LogP contribution in [0.3, 0.4) is 0 Å². The summed E-state index contributed by atoms with van der Waals surface area (Å²) >= 11 is 0. The van der Waals surface area contributed by atoms with Gasteiger partial charge in [-0.25, -0.2) is 0 Å². The van der Waals surface area contributed by atoms with Gasteiger partial charge in [-0.05, 0) is 18.6 Å². The Labute approximate surface area is 83.7 Å². The van der Waals surface area contributed by atoms with Gasteiger partial charge in [-0.2, -0.15) is 0 Å². The van der Waals surface area contributed by atoms with Crippen molar-refractivity contribution in [1.82, 2.24) is 4.98 Å². The fraction of sp³-hybridized carbons (Fsp3) is 0.455. The summed E-state index contributed by atoms with van der Waals surface area (Å²) in [6, 6.07) is 2.06. The number of hydrogen-bond acceptors (Lipinski definition) is 2. The van der Waals surface area contributed by atoms with E-state index in [9.17, 15) is 0 Å². The lowest BCUT2D eigenvalue weighted by Gasteiger charge is -2.10. The molecule has 1 aliphatic heterocycles. The van der Waals surface area contributed by atoms with E-state index in [1.807, 2.05) is 6.92 Å². The Morgan fingerprint density at radius 3 is 3.29 bits per heavy atom. The van der Waals surface area contributed by atoms with Crippen molar-refractivity contribution in [2.45, 2.75) is 20.0 Å². The van der Waals surface area contributed by atoms with Crippen molar-refractivity contribution in [1.29, 1.82) is 0 Å². The lowest BCUT2D eigenvalue weighted by molar-refractivity contribution is 0.110. The van der Waals surface area contributed by atoms with Gasteiger partial charge in [-0.3, -0.25) is 0 Å². The molecule has 3 heteroatoms. The summed E-state index contributed by atoms with van der Waals surface area (Å²) in [7, 11) is 0. The molecule has 0 fully saturated rings. The first-order chi connectivity index (χ1) is 6.81. The number of rotatable bonds is 3. The second kappa shape index (κ2) is 3.88. The molecule has 76 valence electrons. The monoisotopic (exact) mass is 193 g/mol. The minimum absolute atomic E-state index is 0.652. The topological polar surface area (TPSA) is 34.2 Å². The summed E-state index contributed by atoms with van der Waals surface area (Å²) in [6.45, 7) is 7.97. The van der Waals surface area contributed by atoms with E-state index in [4.69, 9.17) is 9.47 Å². The van der Waals surface area contributed by atoms with Gasteiger partial charge >= 0.3 is 0 Å². The number of fused-ring (bicyclic) bond motifs is 1. The lowest BCUT2D eigenvalue weighted by Crippen LogP contribution is -2.07. The highest BCUT2D eigenvalue weighted by atomic mass is 16.5. The van der Waals surface area contributed by atoms with Crippen LogP contribution in [0.2, 0.25) is 0 Å². The molecule has 2 rings (SSSR count). The van der Waals surface area contributed by atoms with Crippen molar-refractivity contribution in [3.63, 3.8) is 0 Å². The van der Waals surface area contributed by atoms with Gasteiger partial charge in [0.1, 0.15) is 5.76 Å². The highest BCUT2D eigenvalue weighted by Crippen LogP contribution is 2.21. The molecule has 0 atom stereocenters. The number of ether oxygens (including phenoxy) is 2. The van der Waals surface area contributed by atoms with Crippen LogP contribution in [0.1, 0.15) is 23.9 Å². The minimum atomic E-state index is 0.652. The molecule has 0 aliphatic carbocycles. The minimum Gasteiger partial charge on any atom is -0.492 e. The maximum atomic E-state index is 5.36. The van der Waals surface area contributed by atoms with Gasteiger partial charge in [0, 0.05) is 12.1 Å². The number of aromatic nitrogens is 1. The zero-order valence-corrected chi connectivity index (χ0v) is 8.43. The molecule has 0 amide bonds. The molecule has 0 radical (unpaired) electrons. The first kappa shape index (κ1) is 9.34. The Morgan fingerprint density at radius 1 is 1.71 bits per heavy atom. The average Bonchev–Trinajstić information content (AvgIpc) is 2.61. The maximum absolute atomic E-state index is 5.36. The normalized spacial score (nSPS) is 14.9. The van der Waals surface area contributed by atoms with E-state index in [2.05, 4.69) is 17.6 Å². The van der Waals surface area contributed by atoms with E-state index in [-0.39, 0.29) is 0 Å². The summed E-state index contributed by atoms with van der Waals surface area (Å²) in [5.74, 6) is 0.710. The summed E-state index contributed by atoms with van der Waals surface area (Å²) in [5, 5.41) is 0. The Bertz CT molecular complexity index is 318. The highest BCUT2D eigenvalue weighted by molar-refractivity contribution is 5.56. The molecule has 0 aromatic carbocycles. The largest absolute Gasteiger partial charge is 0.492 e. The Hall–Kier alpha value is -1.22. The van der Waals surface area contributed by atoms with Crippen LogP contribution >= 0.6 is 0 Å². The predicted molar refractivity (Wildman–Crippen MR) is 54.8 cm³/mol. The third kappa shape index (κ3) is 1.68. The molecule has 0 saturated carbocycles. The van der Waals surface area contributed by atoms with Crippen molar-refractivity contribution in [2.24, 2.45) is 0 Å². The molecule has 14 heavy (non-hydrogen) atoms. The molecule has 1 aromatic rings. The first-order valence-electron chi connectivity index (χ1n) is 4.92. The molecule has 0 saturated heterocycles. The van der Waals surface area contributed by atoms with Crippen molar-refractivity contribution < 1.29 is 9.47 Å². The first-order valence-corrected chi connectivity index (χ1v) is 4.92. The van der Waals surface area contributed by atoms with Crippen LogP contribution in [-0.2, 0) is 22.5 Å². The fourth-order valence-electron chi connectivity index (χ4n) is 1.65. The van der Waals surface area contributed by atoms with Gasteiger partial charge < -0.3 is 14.5 Å². The van der Waals surface area contributed by atoms with E-state index in [1.54, 1.807) is 0 Å². The summed E-state index contributed by atoms with van der Waals surface area (Å²) in [4.78, 5) is 3.31. The lowest BCUT2D eigenvalue weighted by atomic mass is 10.2. The summed E-state index contributed by atoms with van der Waals surface area (Å²) in [5.41, 5.74) is 3.46. The van der Waals surface area contributed by atoms with Crippen LogP contribution in [0.15, 0.2) is 12.6 Å². The van der Waals surface area contributed by atoms with E-state index in [0.29, 0.717) is 19.0 Å². The third-order valence-corrected chi connectivity index (χ3v) is 2.36. The van der Waals surface area contributed by atoms with E-state index >= 15 is 0 Å². The summed E-state index contributed by atoms with van der Waals surface area (Å²) in [6.07, 6.45) is 0.953. The average molecular weight is 193 g/mol. The van der Waals surface area contributed by atoms with Crippen LogP contribution in [0.25, 0.3) is 5.76 Å². The van der Waals surface area contributed by atoms with Gasteiger partial charge in [0.15, 0.2) is 0 Å². The standard InChI is InChI=1S/C11H15NO2/c1-3-14-8(2)11-6-9-7-13-5-4-10(9)12-11/h6,12H,2-5,7H2,1H3. The van der Waals surface area contributed by atoms with Crippen LogP contribution in [0.5, 0.6) is 0 Å². The molecular weight excluding hydrogens is 178 g/mol. The fourth-order valence-corrected chi connectivity index (χ4v) is 1.65. The van der Waals surface area contributed by atoms with Gasteiger partial charge in [-0.15, -0.1) is 0 Å². The number of hydrogen-bond donors (Lipinski definition) is 1. The Morgan fingerprint density at radius 2 is 2.57 bits per heavy atom. The molecular formula is C11H15NO2. The maximum Gasteiger partial charge on any atom is 0.135 e. The number of aromatic amines is 1. The quantitative estimate of drug-likeness (QED) is 0.746. The van der Waals surface area contributed by atoms with Gasteiger partial charge in [0.05, 0.1) is 25.5 Å². The second-order valence-electron chi connectivity index (χ2n) is 3.35. The number of H-pyrrole nitrogens is 1. The SMILES string of the molecule is C=C(OCC)c1cc2c([nH]1)CCOC2. The van der Waals surface area contributed by atoms with Crippen LogP contribution < -0.4 is 0 Å². The summed E-state index contributed by atoms with van der Waals surface area (Å²) < 4.78 is 10.7. The zero-order chi connectivity index (χ0) is 9.97. The van der Waals surface area contributed by atoms with Crippen molar-refractivity contribution >= 4 is 5.76 Å². The van der Waals surface area contributed by atoms with Crippen LogP contribution in [-0.4, -0.2) is 18.2 Å². The molecule has 3 nitrogen and oxygen atoms in total. The van der Waals surface area contributed by atoms with E-state index in [1.165, 1.54) is 11.3 Å².